The van der Waals surface area contributed by atoms with Gasteiger partial charge in [0.25, 0.3) is 0 Å². The lowest BCUT2D eigenvalue weighted by atomic mass is 9.92. The van der Waals surface area contributed by atoms with Gasteiger partial charge < -0.3 is 35.4 Å². The van der Waals surface area contributed by atoms with Crippen LogP contribution in [-0.2, 0) is 9.53 Å². The number of aliphatic hydroxyl groups excluding tert-OH is 2. The molecule has 0 radical (unpaired) electrons. The van der Waals surface area contributed by atoms with E-state index in [-0.39, 0.29) is 17.6 Å². The van der Waals surface area contributed by atoms with E-state index in [0.29, 0.717) is 0 Å². The average Bonchev–Trinajstić information content (AvgIpc) is 2.48. The fraction of sp³-hybridized carbons (Fsp3) is 0.286. The normalized spacial score (nSPS) is 23.9. The van der Waals surface area contributed by atoms with Gasteiger partial charge >= 0.3 is 11.9 Å². The Hall–Kier alpha value is -2.78. The molecule has 0 amide bonds. The molecule has 0 fully saturated rings. The van der Waals surface area contributed by atoms with Gasteiger partial charge in [-0.1, -0.05) is 0 Å². The maximum absolute atomic E-state index is 12.0. The van der Waals surface area contributed by atoms with Gasteiger partial charge in [0.1, 0.15) is 12.2 Å². The van der Waals surface area contributed by atoms with E-state index in [2.05, 4.69) is 0 Å². The van der Waals surface area contributed by atoms with Gasteiger partial charge in [-0.25, -0.2) is 9.59 Å². The van der Waals surface area contributed by atoms with Gasteiger partial charge in [-0.05, 0) is 18.2 Å². The fourth-order valence-corrected chi connectivity index (χ4v) is 2.11. The zero-order chi connectivity index (χ0) is 17.3. The highest BCUT2D eigenvalue weighted by Gasteiger charge is 2.35. The van der Waals surface area contributed by atoms with Crippen molar-refractivity contribution in [3.05, 3.63) is 29.3 Å². The maximum atomic E-state index is 12.0. The molecule has 2 rings (SSSR count). The molecule has 23 heavy (non-hydrogen) atoms. The van der Waals surface area contributed by atoms with Crippen molar-refractivity contribution in [3.8, 4) is 17.2 Å². The number of aromatic hydroxyl groups is 3. The van der Waals surface area contributed by atoms with Gasteiger partial charge in [0.15, 0.2) is 17.2 Å². The summed E-state index contributed by atoms with van der Waals surface area (Å²) in [6.07, 6.45) is -3.68. The minimum Gasteiger partial charge on any atom is -0.504 e. The monoisotopic (exact) mass is 326 g/mol. The summed E-state index contributed by atoms with van der Waals surface area (Å²) in [4.78, 5) is 22.9. The van der Waals surface area contributed by atoms with Crippen molar-refractivity contribution in [1.29, 1.82) is 0 Å². The minimum atomic E-state index is -1.53. The predicted molar refractivity (Wildman–Crippen MR) is 73.0 cm³/mol. The number of rotatable bonds is 3. The Morgan fingerprint density at radius 1 is 1.09 bits per heavy atom. The van der Waals surface area contributed by atoms with Crippen molar-refractivity contribution in [2.75, 3.05) is 0 Å². The molecule has 0 heterocycles. The summed E-state index contributed by atoms with van der Waals surface area (Å²) in [5.41, 5.74) is -0.563. The Morgan fingerprint density at radius 3 is 2.17 bits per heavy atom. The molecule has 124 valence electrons. The van der Waals surface area contributed by atoms with Gasteiger partial charge in [-0.2, -0.15) is 0 Å². The Balaban J connectivity index is 2.25. The van der Waals surface area contributed by atoms with E-state index < -0.39 is 47.5 Å². The van der Waals surface area contributed by atoms with Crippen LogP contribution in [0.3, 0.4) is 0 Å². The second kappa shape index (κ2) is 6.15. The summed E-state index contributed by atoms with van der Waals surface area (Å²) in [6.45, 7) is 0. The number of hydrogen-bond donors (Lipinski definition) is 6. The Bertz CT molecular complexity index is 656. The fourth-order valence-electron chi connectivity index (χ4n) is 2.11. The third-order valence-corrected chi connectivity index (χ3v) is 3.35. The largest absolute Gasteiger partial charge is 0.504 e. The number of benzene rings is 1. The lowest BCUT2D eigenvalue weighted by molar-refractivity contribution is -0.134. The Morgan fingerprint density at radius 2 is 1.65 bits per heavy atom. The predicted octanol–water partition coefficient (Wildman–Crippen LogP) is -0.535. The quantitative estimate of drug-likeness (QED) is 0.316. The van der Waals surface area contributed by atoms with E-state index in [1.807, 2.05) is 0 Å². The molecule has 3 atom stereocenters. The van der Waals surface area contributed by atoms with E-state index in [0.717, 1.165) is 18.2 Å². The number of esters is 1. The third kappa shape index (κ3) is 3.35. The molecule has 1 aliphatic carbocycles. The molecule has 9 heteroatoms. The first-order valence-corrected chi connectivity index (χ1v) is 6.46. The van der Waals surface area contributed by atoms with Gasteiger partial charge in [0.05, 0.1) is 11.7 Å². The van der Waals surface area contributed by atoms with Crippen LogP contribution in [0.25, 0.3) is 0 Å². The summed E-state index contributed by atoms with van der Waals surface area (Å²) in [7, 11) is 0. The van der Waals surface area contributed by atoms with Crippen molar-refractivity contribution in [1.82, 2.24) is 0 Å². The summed E-state index contributed by atoms with van der Waals surface area (Å²) in [5, 5.41) is 56.2. The molecule has 1 aromatic carbocycles. The van der Waals surface area contributed by atoms with Gasteiger partial charge in [0, 0.05) is 12.0 Å². The van der Waals surface area contributed by atoms with Crippen molar-refractivity contribution in [2.45, 2.75) is 24.7 Å². The molecular formula is C14H14O9. The number of hydrogen-bond acceptors (Lipinski definition) is 8. The number of phenolic OH excluding ortho intramolecular Hbond substituents is 3. The number of phenols is 3. The van der Waals surface area contributed by atoms with Crippen molar-refractivity contribution in [2.24, 2.45) is 0 Å². The number of aliphatic hydroxyl groups is 2. The van der Waals surface area contributed by atoms with Crippen LogP contribution < -0.4 is 0 Å². The van der Waals surface area contributed by atoms with E-state index in [9.17, 15) is 35.1 Å². The molecular weight excluding hydrogens is 312 g/mol. The first kappa shape index (κ1) is 16.6. The van der Waals surface area contributed by atoms with Crippen LogP contribution in [0.5, 0.6) is 17.2 Å². The standard InChI is InChI=1S/C14H14O9/c15-7-2-6(3-8(16)11(7)18)14(22)23-10-4-5(13(20)21)1-9(17)12(10)19/h2-4,9-10,12,15-19H,1H2,(H,20,21)/t9-,10+,12+/m0/s1. The molecule has 0 unspecified atom stereocenters. The van der Waals surface area contributed by atoms with Crippen LogP contribution in [0, 0.1) is 0 Å². The zero-order valence-corrected chi connectivity index (χ0v) is 11.6. The molecule has 1 aliphatic rings. The van der Waals surface area contributed by atoms with Crippen LogP contribution in [0.1, 0.15) is 16.8 Å². The van der Waals surface area contributed by atoms with E-state index in [1.54, 1.807) is 0 Å². The Labute approximate surface area is 129 Å². The van der Waals surface area contributed by atoms with E-state index in [4.69, 9.17) is 9.84 Å². The van der Waals surface area contributed by atoms with Crippen molar-refractivity contribution >= 4 is 11.9 Å². The van der Waals surface area contributed by atoms with E-state index >= 15 is 0 Å². The van der Waals surface area contributed by atoms with E-state index in [1.165, 1.54) is 0 Å². The highest BCUT2D eigenvalue weighted by atomic mass is 16.6. The molecule has 6 N–H and O–H groups in total. The van der Waals surface area contributed by atoms with Crippen LogP contribution >= 0.6 is 0 Å². The average molecular weight is 326 g/mol. The van der Waals surface area contributed by atoms with Crippen molar-refractivity contribution < 1.29 is 45.0 Å². The lowest BCUT2D eigenvalue weighted by Gasteiger charge is -2.29. The molecule has 0 aromatic heterocycles. The number of carbonyl (C=O) groups excluding carboxylic acids is 1. The topological polar surface area (TPSA) is 165 Å². The smallest absolute Gasteiger partial charge is 0.339 e. The third-order valence-electron chi connectivity index (χ3n) is 3.35. The number of carboxylic acid groups (broad SMARTS) is 1. The molecule has 0 saturated carbocycles. The van der Waals surface area contributed by atoms with Gasteiger partial charge in [-0.15, -0.1) is 0 Å². The number of ether oxygens (including phenoxy) is 1. The molecule has 1 aromatic rings. The number of aliphatic carboxylic acids is 1. The van der Waals surface area contributed by atoms with Gasteiger partial charge in [-0.3, -0.25) is 0 Å². The summed E-state index contributed by atoms with van der Waals surface area (Å²) in [5.74, 6) is -4.76. The zero-order valence-electron chi connectivity index (χ0n) is 11.6. The number of carboxylic acids is 1. The second-order valence-corrected chi connectivity index (χ2v) is 4.99. The summed E-state index contributed by atoms with van der Waals surface area (Å²) in [6, 6.07) is 1.65. The van der Waals surface area contributed by atoms with Gasteiger partial charge in [0.2, 0.25) is 0 Å². The van der Waals surface area contributed by atoms with Crippen LogP contribution in [0.2, 0.25) is 0 Å². The highest BCUT2D eigenvalue weighted by Crippen LogP contribution is 2.35. The first-order chi connectivity index (χ1) is 10.7. The first-order valence-electron chi connectivity index (χ1n) is 6.46. The molecule has 0 aliphatic heterocycles. The lowest BCUT2D eigenvalue weighted by Crippen LogP contribution is -2.43. The van der Waals surface area contributed by atoms with Crippen LogP contribution in [0.4, 0.5) is 0 Å². The maximum Gasteiger partial charge on any atom is 0.339 e. The minimum absolute atomic E-state index is 0.225. The summed E-state index contributed by atoms with van der Waals surface area (Å²) >= 11 is 0. The van der Waals surface area contributed by atoms with Crippen LogP contribution in [-0.4, -0.2) is 60.9 Å². The number of carbonyl (C=O) groups is 2. The highest BCUT2D eigenvalue weighted by molar-refractivity contribution is 5.91. The molecule has 0 spiro atoms. The van der Waals surface area contributed by atoms with Crippen LogP contribution in [0.15, 0.2) is 23.8 Å². The Kier molecular flexibility index (Phi) is 4.43. The van der Waals surface area contributed by atoms with Crippen molar-refractivity contribution in [3.63, 3.8) is 0 Å². The summed E-state index contributed by atoms with van der Waals surface area (Å²) < 4.78 is 4.90. The second-order valence-electron chi connectivity index (χ2n) is 4.99. The molecule has 0 bridgehead atoms. The molecule has 9 nitrogen and oxygen atoms in total. The SMILES string of the molecule is O=C(O)C1=C[C@@H](OC(=O)c2cc(O)c(O)c(O)c2)[C@H](O)[C@@H](O)C1. The molecule has 0 saturated heterocycles.